The first-order chi connectivity index (χ1) is 13.9. The van der Waals surface area contributed by atoms with Crippen molar-refractivity contribution in [2.75, 3.05) is 6.61 Å². The van der Waals surface area contributed by atoms with Crippen molar-refractivity contribution in [3.05, 3.63) is 81.5 Å². The van der Waals surface area contributed by atoms with Crippen molar-refractivity contribution in [3.63, 3.8) is 0 Å². The van der Waals surface area contributed by atoms with Crippen LogP contribution in [0, 0.1) is 5.92 Å². The summed E-state index contributed by atoms with van der Waals surface area (Å²) in [6.45, 7) is 4.38. The lowest BCUT2D eigenvalue weighted by Crippen LogP contribution is -2.36. The second-order valence-electron chi connectivity index (χ2n) is 7.01. The summed E-state index contributed by atoms with van der Waals surface area (Å²) in [4.78, 5) is 12.0. The lowest BCUT2D eigenvalue weighted by molar-refractivity contribution is -0.223. The van der Waals surface area contributed by atoms with E-state index in [0.717, 1.165) is 16.3 Å². The standard InChI is InChI=1S/C22H24Cl2N2O3/c1-3-29-22(27)15(2)11-18-13-21(17-9-10-19(23)20(24)12-17)25(26(18)28)14-16-7-5-4-6-8-16/h4-10,12-13,15,21,28H,3,11,14H2,1-2H3. The van der Waals surface area contributed by atoms with Crippen molar-refractivity contribution in [2.24, 2.45) is 5.92 Å². The molecule has 0 saturated carbocycles. The highest BCUT2D eigenvalue weighted by atomic mass is 35.5. The number of allylic oxidation sites excluding steroid dienone is 1. The molecule has 0 aromatic heterocycles. The fourth-order valence-electron chi connectivity index (χ4n) is 3.35. The number of hydrogen-bond donors (Lipinski definition) is 1. The average Bonchev–Trinajstić information content (AvgIpc) is 3.00. The van der Waals surface area contributed by atoms with E-state index in [1.54, 1.807) is 26.0 Å². The molecule has 7 heteroatoms. The molecule has 154 valence electrons. The Bertz CT molecular complexity index is 889. The number of hydrogen-bond acceptors (Lipinski definition) is 5. The number of rotatable bonds is 7. The third-order valence-corrected chi connectivity index (χ3v) is 5.59. The van der Waals surface area contributed by atoms with Crippen LogP contribution in [-0.2, 0) is 16.1 Å². The summed E-state index contributed by atoms with van der Waals surface area (Å²) < 4.78 is 5.10. The lowest BCUT2D eigenvalue weighted by atomic mass is 10.0. The molecule has 0 amide bonds. The molecular formula is C22H24Cl2N2O3. The molecule has 0 spiro atoms. The summed E-state index contributed by atoms with van der Waals surface area (Å²) in [5.74, 6) is -0.656. The van der Waals surface area contributed by atoms with Gasteiger partial charge in [-0.1, -0.05) is 66.5 Å². The van der Waals surface area contributed by atoms with Gasteiger partial charge in [-0.05, 0) is 36.3 Å². The average molecular weight is 435 g/mol. The normalized spacial score (nSPS) is 17.9. The molecule has 3 rings (SSSR count). The minimum atomic E-state index is -0.373. The van der Waals surface area contributed by atoms with Gasteiger partial charge in [0.1, 0.15) is 0 Å². The van der Waals surface area contributed by atoms with Crippen LogP contribution >= 0.6 is 23.2 Å². The second kappa shape index (κ2) is 9.63. The summed E-state index contributed by atoms with van der Waals surface area (Å²) in [6, 6.07) is 15.0. The predicted octanol–water partition coefficient (Wildman–Crippen LogP) is 5.63. The zero-order chi connectivity index (χ0) is 21.0. The second-order valence-corrected chi connectivity index (χ2v) is 7.82. The monoisotopic (exact) mass is 434 g/mol. The number of hydrazine groups is 1. The molecule has 1 aliphatic heterocycles. The van der Waals surface area contributed by atoms with Crippen LogP contribution in [0.5, 0.6) is 0 Å². The number of carbonyl (C=O) groups excluding carboxylic acids is 1. The van der Waals surface area contributed by atoms with E-state index in [2.05, 4.69) is 0 Å². The predicted molar refractivity (Wildman–Crippen MR) is 113 cm³/mol. The highest BCUT2D eigenvalue weighted by molar-refractivity contribution is 6.42. The summed E-state index contributed by atoms with van der Waals surface area (Å²) in [6.07, 6.45) is 2.30. The van der Waals surface area contributed by atoms with Gasteiger partial charge in [0.25, 0.3) is 0 Å². The Balaban J connectivity index is 1.89. The summed E-state index contributed by atoms with van der Waals surface area (Å²) >= 11 is 12.3. The molecule has 1 aliphatic rings. The first-order valence-electron chi connectivity index (χ1n) is 9.52. The van der Waals surface area contributed by atoms with Crippen LogP contribution in [-0.4, -0.2) is 28.0 Å². The molecule has 2 aromatic rings. The minimum absolute atomic E-state index is 0.251. The molecule has 1 heterocycles. The van der Waals surface area contributed by atoms with Gasteiger partial charge in [-0.25, -0.2) is 0 Å². The van der Waals surface area contributed by atoms with Gasteiger partial charge in [-0.2, -0.15) is 10.2 Å². The first-order valence-corrected chi connectivity index (χ1v) is 10.3. The molecule has 5 nitrogen and oxygen atoms in total. The van der Waals surface area contributed by atoms with E-state index >= 15 is 0 Å². The van der Waals surface area contributed by atoms with Gasteiger partial charge < -0.3 is 4.74 Å². The van der Waals surface area contributed by atoms with Crippen LogP contribution in [0.25, 0.3) is 0 Å². The molecule has 29 heavy (non-hydrogen) atoms. The van der Waals surface area contributed by atoms with Crippen molar-refractivity contribution in [1.82, 2.24) is 10.2 Å². The molecule has 1 N–H and O–H groups in total. The van der Waals surface area contributed by atoms with Crippen LogP contribution in [0.15, 0.2) is 60.3 Å². The van der Waals surface area contributed by atoms with Crippen molar-refractivity contribution < 1.29 is 14.7 Å². The Morgan fingerprint density at radius 2 is 1.90 bits per heavy atom. The fraction of sp³-hybridized carbons (Fsp3) is 0.318. The molecule has 0 bridgehead atoms. The van der Waals surface area contributed by atoms with Gasteiger partial charge in [-0.15, -0.1) is 0 Å². The van der Waals surface area contributed by atoms with E-state index in [1.807, 2.05) is 47.5 Å². The molecule has 0 radical (unpaired) electrons. The maximum absolute atomic E-state index is 12.0. The van der Waals surface area contributed by atoms with Gasteiger partial charge in [0.2, 0.25) is 0 Å². The number of carbonyl (C=O) groups is 1. The molecule has 0 aliphatic carbocycles. The number of esters is 1. The van der Waals surface area contributed by atoms with Gasteiger partial charge in [0, 0.05) is 13.0 Å². The molecule has 2 unspecified atom stereocenters. The van der Waals surface area contributed by atoms with E-state index in [0.29, 0.717) is 35.3 Å². The quantitative estimate of drug-likeness (QED) is 0.572. The van der Waals surface area contributed by atoms with E-state index < -0.39 is 0 Å². The van der Waals surface area contributed by atoms with Crippen molar-refractivity contribution in [2.45, 2.75) is 32.9 Å². The molecule has 0 saturated heterocycles. The van der Waals surface area contributed by atoms with Gasteiger partial charge in [-0.3, -0.25) is 10.0 Å². The third kappa shape index (κ3) is 5.11. The molecule has 2 atom stereocenters. The Kier molecular flexibility index (Phi) is 7.19. The number of halogens is 2. The van der Waals surface area contributed by atoms with Crippen LogP contribution in [0.4, 0.5) is 0 Å². The molecular weight excluding hydrogens is 411 g/mol. The largest absolute Gasteiger partial charge is 0.466 e. The van der Waals surface area contributed by atoms with E-state index in [-0.39, 0.29) is 17.9 Å². The van der Waals surface area contributed by atoms with Crippen molar-refractivity contribution in [1.29, 1.82) is 0 Å². The van der Waals surface area contributed by atoms with Crippen LogP contribution in [0.1, 0.15) is 37.4 Å². The topological polar surface area (TPSA) is 53.0 Å². The van der Waals surface area contributed by atoms with Crippen molar-refractivity contribution in [3.8, 4) is 0 Å². The smallest absolute Gasteiger partial charge is 0.309 e. The zero-order valence-electron chi connectivity index (χ0n) is 16.4. The van der Waals surface area contributed by atoms with Crippen molar-refractivity contribution >= 4 is 29.2 Å². The summed E-state index contributed by atoms with van der Waals surface area (Å²) in [5, 5.41) is 14.8. The number of nitrogens with zero attached hydrogens (tertiary/aromatic N) is 2. The Morgan fingerprint density at radius 1 is 1.17 bits per heavy atom. The van der Waals surface area contributed by atoms with Gasteiger partial charge in [0.15, 0.2) is 0 Å². The Morgan fingerprint density at radius 3 is 2.55 bits per heavy atom. The van der Waals surface area contributed by atoms with Gasteiger partial charge in [0.05, 0.1) is 34.3 Å². The highest BCUT2D eigenvalue weighted by Crippen LogP contribution is 2.38. The number of ether oxygens (including phenoxy) is 1. The van der Waals surface area contributed by atoms with E-state index in [9.17, 15) is 10.0 Å². The highest BCUT2D eigenvalue weighted by Gasteiger charge is 2.34. The van der Waals surface area contributed by atoms with Crippen LogP contribution in [0.3, 0.4) is 0 Å². The SMILES string of the molecule is CCOC(=O)C(C)CC1=CC(c2ccc(Cl)c(Cl)c2)N(Cc2ccccc2)N1O. The van der Waals surface area contributed by atoms with Crippen LogP contribution in [0.2, 0.25) is 10.0 Å². The summed E-state index contributed by atoms with van der Waals surface area (Å²) in [5.41, 5.74) is 2.58. The number of hydroxylamine groups is 1. The van der Waals surface area contributed by atoms with Crippen LogP contribution < -0.4 is 0 Å². The summed E-state index contributed by atoms with van der Waals surface area (Å²) in [7, 11) is 0. The van der Waals surface area contributed by atoms with E-state index in [1.165, 1.54) is 0 Å². The first kappa shape index (κ1) is 21.7. The lowest BCUT2D eigenvalue weighted by Gasteiger charge is -2.31. The molecule has 0 fully saturated rings. The minimum Gasteiger partial charge on any atom is -0.466 e. The molecule has 2 aromatic carbocycles. The van der Waals surface area contributed by atoms with Gasteiger partial charge >= 0.3 is 5.97 Å². The Hall–Kier alpha value is -2.05. The maximum atomic E-state index is 12.0. The zero-order valence-corrected chi connectivity index (χ0v) is 17.9. The third-order valence-electron chi connectivity index (χ3n) is 4.85. The Labute approximate surface area is 181 Å². The fourth-order valence-corrected chi connectivity index (χ4v) is 3.66. The number of benzene rings is 2. The maximum Gasteiger partial charge on any atom is 0.309 e. The van der Waals surface area contributed by atoms with E-state index in [4.69, 9.17) is 27.9 Å².